The fourth-order valence-electron chi connectivity index (χ4n) is 3.96. The fraction of sp³-hybridized carbons (Fsp3) is 0.0800. The molecular weight excluding hydrogens is 426 g/mol. The molecule has 2 aromatic carbocycles. The van der Waals surface area contributed by atoms with Crippen LogP contribution in [-0.4, -0.2) is 21.2 Å². The number of aromatic amines is 1. The van der Waals surface area contributed by atoms with Gasteiger partial charge in [0.05, 0.1) is 21.1 Å². The zero-order valence-corrected chi connectivity index (χ0v) is 18.5. The lowest BCUT2D eigenvalue weighted by Gasteiger charge is -2.16. The minimum Gasteiger partial charge on any atom is -0.306 e. The molecular formula is C25H18ClN3OS. The summed E-state index contributed by atoms with van der Waals surface area (Å²) >= 11 is 8.04. The average Bonchev–Trinajstić information content (AvgIpc) is 2.79. The Morgan fingerprint density at radius 3 is 2.58 bits per heavy atom. The van der Waals surface area contributed by atoms with Gasteiger partial charge in [-0.05, 0) is 48.6 Å². The van der Waals surface area contributed by atoms with E-state index in [1.807, 2.05) is 60.9 Å². The monoisotopic (exact) mass is 443 g/mol. The van der Waals surface area contributed by atoms with Gasteiger partial charge >= 0.3 is 0 Å². The van der Waals surface area contributed by atoms with Crippen molar-refractivity contribution < 1.29 is 0 Å². The van der Waals surface area contributed by atoms with Crippen LogP contribution in [0.2, 0.25) is 5.02 Å². The van der Waals surface area contributed by atoms with E-state index in [0.29, 0.717) is 15.6 Å². The van der Waals surface area contributed by atoms with Crippen LogP contribution in [0.3, 0.4) is 0 Å². The van der Waals surface area contributed by atoms with Crippen LogP contribution in [0.5, 0.6) is 0 Å². The molecule has 4 nitrogen and oxygen atoms in total. The first-order chi connectivity index (χ1) is 15.1. The Labute approximate surface area is 188 Å². The summed E-state index contributed by atoms with van der Waals surface area (Å²) in [4.78, 5) is 25.4. The number of hydrogen-bond donors (Lipinski definition) is 1. The highest BCUT2D eigenvalue weighted by Crippen LogP contribution is 2.39. The highest BCUT2D eigenvalue weighted by molar-refractivity contribution is 7.98. The van der Waals surface area contributed by atoms with E-state index in [4.69, 9.17) is 16.6 Å². The third-order valence-corrected chi connectivity index (χ3v) is 6.47. The van der Waals surface area contributed by atoms with Crippen molar-refractivity contribution in [2.75, 3.05) is 6.26 Å². The Balaban J connectivity index is 1.91. The standard InChI is InChI=1S/C25H18ClN3OS/c1-14-18-13-20(31-2)25(30)29-24(18)28-23(15-7-4-3-5-8-15)21(14)17-11-16-9-6-10-27-22(16)19(26)12-17/h3-13H,1-2H3,(H,28,29,30). The second kappa shape index (κ2) is 7.84. The molecule has 6 heteroatoms. The van der Waals surface area contributed by atoms with Crippen molar-refractivity contribution in [2.45, 2.75) is 11.8 Å². The summed E-state index contributed by atoms with van der Waals surface area (Å²) in [5, 5.41) is 2.48. The third-order valence-electron chi connectivity index (χ3n) is 5.44. The van der Waals surface area contributed by atoms with Crippen LogP contribution in [0.4, 0.5) is 0 Å². The quantitative estimate of drug-likeness (QED) is 0.324. The maximum Gasteiger partial charge on any atom is 0.263 e. The van der Waals surface area contributed by atoms with Gasteiger partial charge in [-0.15, -0.1) is 11.8 Å². The van der Waals surface area contributed by atoms with Gasteiger partial charge in [-0.25, -0.2) is 4.98 Å². The summed E-state index contributed by atoms with van der Waals surface area (Å²) in [6.07, 6.45) is 3.64. The maximum absolute atomic E-state index is 12.4. The van der Waals surface area contributed by atoms with Gasteiger partial charge in [0.25, 0.3) is 5.56 Å². The van der Waals surface area contributed by atoms with Gasteiger partial charge in [-0.3, -0.25) is 9.78 Å². The SMILES string of the molecule is CSc1cc2c(C)c(-c3cc(Cl)c4ncccc4c3)c(-c3ccccc3)nc2[nH]c1=O. The molecule has 1 N–H and O–H groups in total. The molecule has 5 rings (SSSR count). The Morgan fingerprint density at radius 2 is 1.81 bits per heavy atom. The van der Waals surface area contributed by atoms with Gasteiger partial charge in [-0.2, -0.15) is 0 Å². The average molecular weight is 444 g/mol. The maximum atomic E-state index is 12.4. The van der Waals surface area contributed by atoms with Crippen LogP contribution < -0.4 is 5.56 Å². The first kappa shape index (κ1) is 19.8. The Morgan fingerprint density at radius 1 is 1.00 bits per heavy atom. The fourth-order valence-corrected chi connectivity index (χ4v) is 4.71. The van der Waals surface area contributed by atoms with Crippen molar-refractivity contribution in [1.29, 1.82) is 0 Å². The number of nitrogens with one attached hydrogen (secondary N) is 1. The normalized spacial score (nSPS) is 11.3. The van der Waals surface area contributed by atoms with Crippen molar-refractivity contribution in [3.63, 3.8) is 0 Å². The van der Waals surface area contributed by atoms with Crippen LogP contribution in [0, 0.1) is 6.92 Å². The molecule has 0 bridgehead atoms. The predicted octanol–water partition coefficient (Wildman–Crippen LogP) is 6.49. The molecule has 0 spiro atoms. The van der Waals surface area contributed by atoms with Crippen LogP contribution in [0.1, 0.15) is 5.56 Å². The number of pyridine rings is 3. The first-order valence-electron chi connectivity index (χ1n) is 9.78. The molecule has 0 aliphatic carbocycles. The lowest BCUT2D eigenvalue weighted by Crippen LogP contribution is -2.10. The Kier molecular flexibility index (Phi) is 5.00. The number of thioether (sulfide) groups is 1. The number of fused-ring (bicyclic) bond motifs is 2. The van der Waals surface area contributed by atoms with Gasteiger partial charge in [0.1, 0.15) is 5.65 Å². The number of hydrogen-bond acceptors (Lipinski definition) is 4. The van der Waals surface area contributed by atoms with E-state index in [0.717, 1.165) is 44.2 Å². The number of H-pyrrole nitrogens is 1. The van der Waals surface area contributed by atoms with E-state index in [2.05, 4.69) is 23.0 Å². The Hall–Kier alpha value is -3.15. The molecule has 0 atom stereocenters. The smallest absolute Gasteiger partial charge is 0.263 e. The third kappa shape index (κ3) is 3.40. The van der Waals surface area contributed by atoms with E-state index in [9.17, 15) is 4.79 Å². The van der Waals surface area contributed by atoms with E-state index < -0.39 is 0 Å². The predicted molar refractivity (Wildman–Crippen MR) is 130 cm³/mol. The summed E-state index contributed by atoms with van der Waals surface area (Å²) in [6.45, 7) is 2.07. The molecule has 3 aromatic heterocycles. The molecule has 31 heavy (non-hydrogen) atoms. The summed E-state index contributed by atoms with van der Waals surface area (Å²) in [5.41, 5.74) is 6.00. The number of aryl methyl sites for hydroxylation is 1. The zero-order chi connectivity index (χ0) is 21.5. The second-order valence-electron chi connectivity index (χ2n) is 7.29. The van der Waals surface area contributed by atoms with E-state index in [1.54, 1.807) is 6.20 Å². The topological polar surface area (TPSA) is 58.6 Å². The first-order valence-corrected chi connectivity index (χ1v) is 11.4. The van der Waals surface area contributed by atoms with Gasteiger partial charge in [-0.1, -0.05) is 48.0 Å². The second-order valence-corrected chi connectivity index (χ2v) is 8.54. The highest BCUT2D eigenvalue weighted by Gasteiger charge is 2.18. The minimum atomic E-state index is -0.126. The van der Waals surface area contributed by atoms with Gasteiger partial charge in [0.15, 0.2) is 0 Å². The number of aromatic nitrogens is 3. The summed E-state index contributed by atoms with van der Waals surface area (Å²) in [6, 6.07) is 19.9. The molecule has 0 aliphatic rings. The molecule has 152 valence electrons. The molecule has 0 radical (unpaired) electrons. The number of halogens is 1. The van der Waals surface area contributed by atoms with Gasteiger partial charge in [0.2, 0.25) is 0 Å². The van der Waals surface area contributed by atoms with Crippen LogP contribution >= 0.6 is 23.4 Å². The van der Waals surface area contributed by atoms with Gasteiger partial charge < -0.3 is 4.98 Å². The molecule has 0 unspecified atom stereocenters. The summed E-state index contributed by atoms with van der Waals surface area (Å²) < 4.78 is 0. The summed E-state index contributed by atoms with van der Waals surface area (Å²) in [5.74, 6) is 0. The largest absolute Gasteiger partial charge is 0.306 e. The van der Waals surface area contributed by atoms with Crippen LogP contribution in [-0.2, 0) is 0 Å². The number of nitrogens with zero attached hydrogens (tertiary/aromatic N) is 2. The van der Waals surface area contributed by atoms with E-state index in [1.165, 1.54) is 11.8 Å². The minimum absolute atomic E-state index is 0.126. The molecule has 3 heterocycles. The van der Waals surface area contributed by atoms with E-state index >= 15 is 0 Å². The molecule has 0 saturated heterocycles. The van der Waals surface area contributed by atoms with Crippen molar-refractivity contribution in [2.24, 2.45) is 0 Å². The molecule has 5 aromatic rings. The molecule has 0 amide bonds. The highest BCUT2D eigenvalue weighted by atomic mass is 35.5. The molecule has 0 saturated carbocycles. The van der Waals surface area contributed by atoms with Crippen molar-refractivity contribution in [3.05, 3.63) is 87.8 Å². The lowest BCUT2D eigenvalue weighted by atomic mass is 9.92. The van der Waals surface area contributed by atoms with Crippen molar-refractivity contribution in [1.82, 2.24) is 15.0 Å². The summed E-state index contributed by atoms with van der Waals surface area (Å²) in [7, 11) is 0. The zero-order valence-electron chi connectivity index (χ0n) is 16.9. The van der Waals surface area contributed by atoms with Crippen molar-refractivity contribution in [3.8, 4) is 22.4 Å². The van der Waals surface area contributed by atoms with Crippen LogP contribution in [0.25, 0.3) is 44.3 Å². The van der Waals surface area contributed by atoms with Crippen LogP contribution in [0.15, 0.2) is 76.6 Å². The Bertz CT molecular complexity index is 1510. The van der Waals surface area contributed by atoms with Gasteiger partial charge in [0, 0.05) is 28.1 Å². The lowest BCUT2D eigenvalue weighted by molar-refractivity contribution is 1.15. The number of benzene rings is 2. The number of rotatable bonds is 3. The molecule has 0 aliphatic heterocycles. The molecule has 0 fully saturated rings. The van der Waals surface area contributed by atoms with E-state index in [-0.39, 0.29) is 5.56 Å². The van der Waals surface area contributed by atoms with Crippen molar-refractivity contribution >= 4 is 45.3 Å².